The van der Waals surface area contributed by atoms with Crippen LogP contribution >= 0.6 is 15.9 Å². The molecule has 2 atom stereocenters. The molecule has 0 spiro atoms. The number of benzene rings is 2. The van der Waals surface area contributed by atoms with Gasteiger partial charge in [-0.2, -0.15) is 0 Å². The van der Waals surface area contributed by atoms with Gasteiger partial charge in [0.05, 0.1) is 24.2 Å². The maximum Gasteiger partial charge on any atom is 0.319 e. The number of urea groups is 1. The van der Waals surface area contributed by atoms with Gasteiger partial charge in [0.1, 0.15) is 5.92 Å². The first-order chi connectivity index (χ1) is 16.2. The number of aryl methyl sites for hydroxylation is 1. The summed E-state index contributed by atoms with van der Waals surface area (Å²) in [5.41, 5.74) is 2.54. The molecule has 2 aromatic rings. The van der Waals surface area contributed by atoms with Gasteiger partial charge in [-0.15, -0.1) is 0 Å². The molecular formula is C24H26BrN3O6. The Morgan fingerprint density at radius 2 is 1.88 bits per heavy atom. The zero-order valence-electron chi connectivity index (χ0n) is 19.1. The fraction of sp³-hybridized carbons (Fsp3) is 0.292. The summed E-state index contributed by atoms with van der Waals surface area (Å²) in [4.78, 5) is 36.8. The number of amides is 3. The van der Waals surface area contributed by atoms with Gasteiger partial charge in [0.25, 0.3) is 5.91 Å². The van der Waals surface area contributed by atoms with Gasteiger partial charge >= 0.3 is 12.0 Å². The van der Waals surface area contributed by atoms with Gasteiger partial charge in [0.15, 0.2) is 18.1 Å². The highest BCUT2D eigenvalue weighted by Crippen LogP contribution is 2.41. The predicted octanol–water partition coefficient (Wildman–Crippen LogP) is 3.83. The molecule has 9 nitrogen and oxygen atoms in total. The lowest BCUT2D eigenvalue weighted by molar-refractivity contribution is -0.145. The SMILES string of the molecule is C=C1NC(=O)N[C@@H](c2cc(Br)c(OCC(=O)Nc3ccc(C)cc3)c(OCC)c2)[C@H]1C(=O)OC. The normalized spacial score (nSPS) is 17.3. The van der Waals surface area contributed by atoms with Crippen LogP contribution in [0.25, 0.3) is 0 Å². The van der Waals surface area contributed by atoms with Crippen LogP contribution in [0.3, 0.4) is 0 Å². The van der Waals surface area contributed by atoms with Gasteiger partial charge < -0.3 is 30.2 Å². The van der Waals surface area contributed by atoms with E-state index < -0.39 is 24.0 Å². The largest absolute Gasteiger partial charge is 0.490 e. The number of carbonyl (C=O) groups is 3. The molecule has 0 bridgehead atoms. The molecule has 1 fully saturated rings. The van der Waals surface area contributed by atoms with Gasteiger partial charge in [0.2, 0.25) is 0 Å². The highest BCUT2D eigenvalue weighted by Gasteiger charge is 2.39. The van der Waals surface area contributed by atoms with Crippen molar-refractivity contribution in [2.45, 2.75) is 19.9 Å². The van der Waals surface area contributed by atoms with Crippen LogP contribution in [0.1, 0.15) is 24.1 Å². The zero-order chi connectivity index (χ0) is 24.8. The van der Waals surface area contributed by atoms with Crippen molar-refractivity contribution >= 4 is 39.5 Å². The summed E-state index contributed by atoms with van der Waals surface area (Å²) in [6.45, 7) is 7.63. The van der Waals surface area contributed by atoms with Crippen LogP contribution in [0, 0.1) is 12.8 Å². The second-order valence-electron chi connectivity index (χ2n) is 7.57. The molecule has 0 unspecified atom stereocenters. The lowest BCUT2D eigenvalue weighted by atomic mass is 9.89. The van der Waals surface area contributed by atoms with Crippen molar-refractivity contribution in [1.82, 2.24) is 10.6 Å². The molecule has 0 radical (unpaired) electrons. The Bertz CT molecular complexity index is 1100. The number of nitrogens with one attached hydrogen (secondary N) is 3. The maximum absolute atomic E-state index is 12.4. The summed E-state index contributed by atoms with van der Waals surface area (Å²) in [5.74, 6) is -1.08. The van der Waals surface area contributed by atoms with E-state index in [9.17, 15) is 14.4 Å². The number of halogens is 1. The number of methoxy groups -OCH3 is 1. The second kappa shape index (κ2) is 11.1. The van der Waals surface area contributed by atoms with Crippen molar-refractivity contribution in [2.24, 2.45) is 5.92 Å². The Labute approximate surface area is 206 Å². The summed E-state index contributed by atoms with van der Waals surface area (Å²) in [6, 6.07) is 9.52. The number of anilines is 1. The van der Waals surface area contributed by atoms with Crippen LogP contribution in [0.5, 0.6) is 11.5 Å². The van der Waals surface area contributed by atoms with Gasteiger partial charge in [-0.25, -0.2) is 4.79 Å². The van der Waals surface area contributed by atoms with Crippen molar-refractivity contribution < 1.29 is 28.6 Å². The van der Waals surface area contributed by atoms with Crippen molar-refractivity contribution in [2.75, 3.05) is 25.6 Å². The molecular weight excluding hydrogens is 506 g/mol. The Hall–Kier alpha value is -3.53. The van der Waals surface area contributed by atoms with Crippen LogP contribution in [-0.2, 0) is 14.3 Å². The fourth-order valence-electron chi connectivity index (χ4n) is 3.51. The Morgan fingerprint density at radius 3 is 2.53 bits per heavy atom. The number of ether oxygens (including phenoxy) is 3. The molecule has 0 aliphatic carbocycles. The highest BCUT2D eigenvalue weighted by molar-refractivity contribution is 9.10. The third-order valence-electron chi connectivity index (χ3n) is 5.10. The number of hydrogen-bond acceptors (Lipinski definition) is 6. The molecule has 34 heavy (non-hydrogen) atoms. The van der Waals surface area contributed by atoms with Crippen LogP contribution in [0.4, 0.5) is 10.5 Å². The molecule has 0 aromatic heterocycles. The van der Waals surface area contributed by atoms with E-state index in [1.807, 2.05) is 31.2 Å². The third-order valence-corrected chi connectivity index (χ3v) is 5.69. The topological polar surface area (TPSA) is 115 Å². The minimum Gasteiger partial charge on any atom is -0.490 e. The lowest BCUT2D eigenvalue weighted by Gasteiger charge is -2.33. The van der Waals surface area contributed by atoms with E-state index in [0.717, 1.165) is 5.56 Å². The molecule has 1 aliphatic rings. The molecule has 1 heterocycles. The second-order valence-corrected chi connectivity index (χ2v) is 8.42. The van der Waals surface area contributed by atoms with Gasteiger partial charge in [0, 0.05) is 11.4 Å². The monoisotopic (exact) mass is 531 g/mol. The van der Waals surface area contributed by atoms with E-state index in [2.05, 4.69) is 38.5 Å². The summed E-state index contributed by atoms with van der Waals surface area (Å²) >= 11 is 3.46. The molecule has 2 aromatic carbocycles. The predicted molar refractivity (Wildman–Crippen MR) is 130 cm³/mol. The van der Waals surface area contributed by atoms with E-state index in [0.29, 0.717) is 33.8 Å². The summed E-state index contributed by atoms with van der Waals surface area (Å²) in [5, 5.41) is 8.01. The molecule has 3 amide bonds. The highest BCUT2D eigenvalue weighted by atomic mass is 79.9. The van der Waals surface area contributed by atoms with Crippen LogP contribution < -0.4 is 25.4 Å². The lowest BCUT2D eigenvalue weighted by Crippen LogP contribution is -2.51. The van der Waals surface area contributed by atoms with Crippen LogP contribution in [0.15, 0.2) is 53.1 Å². The molecule has 1 aliphatic heterocycles. The van der Waals surface area contributed by atoms with Gasteiger partial charge in [-0.1, -0.05) is 24.3 Å². The van der Waals surface area contributed by atoms with Gasteiger partial charge in [-0.05, 0) is 59.6 Å². The zero-order valence-corrected chi connectivity index (χ0v) is 20.7. The standard InChI is InChI=1S/C24H26BrN3O6/c1-5-33-18-11-15(21-20(23(30)32-4)14(3)26-24(31)28-21)10-17(25)22(18)34-12-19(29)27-16-8-6-13(2)7-9-16/h6-11,20-21H,3,5,12H2,1-2,4H3,(H,27,29)(H2,26,28,31)/t20-,21-/m0/s1. The number of carbonyl (C=O) groups excluding carboxylic acids is 3. The van der Waals surface area contributed by atoms with E-state index in [1.165, 1.54) is 7.11 Å². The summed E-state index contributed by atoms with van der Waals surface area (Å²) < 4.78 is 16.9. The number of hydrogen-bond donors (Lipinski definition) is 3. The number of esters is 1. The van der Waals surface area contributed by atoms with E-state index in [-0.39, 0.29) is 18.2 Å². The smallest absolute Gasteiger partial charge is 0.319 e. The minimum atomic E-state index is -0.851. The minimum absolute atomic E-state index is 0.225. The van der Waals surface area contributed by atoms with Crippen molar-refractivity contribution in [3.05, 3.63) is 64.3 Å². The van der Waals surface area contributed by atoms with Crippen LogP contribution in [0.2, 0.25) is 0 Å². The van der Waals surface area contributed by atoms with Gasteiger partial charge in [-0.3, -0.25) is 9.59 Å². The molecule has 180 valence electrons. The summed E-state index contributed by atoms with van der Waals surface area (Å²) in [7, 11) is 1.27. The first-order valence-corrected chi connectivity index (χ1v) is 11.3. The molecule has 3 rings (SSSR count). The molecule has 3 N–H and O–H groups in total. The van der Waals surface area contributed by atoms with E-state index >= 15 is 0 Å². The third kappa shape index (κ3) is 5.88. The first kappa shape index (κ1) is 25.1. The van der Waals surface area contributed by atoms with Crippen molar-refractivity contribution in [3.8, 4) is 11.5 Å². The molecule has 0 saturated carbocycles. The first-order valence-electron chi connectivity index (χ1n) is 10.5. The fourth-order valence-corrected chi connectivity index (χ4v) is 4.08. The maximum atomic E-state index is 12.4. The molecule has 10 heteroatoms. The quantitative estimate of drug-likeness (QED) is 0.446. The molecule has 1 saturated heterocycles. The average molecular weight is 532 g/mol. The van der Waals surface area contributed by atoms with Crippen molar-refractivity contribution in [1.29, 1.82) is 0 Å². The Kier molecular flexibility index (Phi) is 8.17. The summed E-state index contributed by atoms with van der Waals surface area (Å²) in [6.07, 6.45) is 0. The Balaban J connectivity index is 1.83. The average Bonchev–Trinajstić information content (AvgIpc) is 2.79. The number of rotatable bonds is 8. The van der Waals surface area contributed by atoms with Crippen LogP contribution in [-0.4, -0.2) is 38.2 Å². The van der Waals surface area contributed by atoms with E-state index in [4.69, 9.17) is 14.2 Å². The Morgan fingerprint density at radius 1 is 1.18 bits per heavy atom. The van der Waals surface area contributed by atoms with E-state index in [1.54, 1.807) is 19.1 Å². The van der Waals surface area contributed by atoms with Crippen molar-refractivity contribution in [3.63, 3.8) is 0 Å².